The molecule has 1 fully saturated rings. The Kier molecular flexibility index (Phi) is 6.34. The number of esters is 1. The summed E-state index contributed by atoms with van der Waals surface area (Å²) in [5, 5.41) is 40.8. The second kappa shape index (κ2) is 9.20. The van der Waals surface area contributed by atoms with Gasteiger partial charge in [0.25, 0.3) is 0 Å². The molecule has 2 heterocycles. The molecule has 4 rings (SSSR count). The summed E-state index contributed by atoms with van der Waals surface area (Å²) in [6, 6.07) is 12.6. The Hall–Kier alpha value is -3.44. The molecule has 0 amide bonds. The van der Waals surface area contributed by atoms with E-state index >= 15 is 0 Å². The molecule has 1 saturated heterocycles. The van der Waals surface area contributed by atoms with Crippen LogP contribution in [0.5, 0.6) is 11.5 Å². The lowest BCUT2D eigenvalue weighted by Gasteiger charge is -2.39. The molecule has 0 bridgehead atoms. The fraction of sp³-hybridized carbons (Fsp3) is 0.304. The van der Waals surface area contributed by atoms with Gasteiger partial charge in [0, 0.05) is 30.7 Å². The van der Waals surface area contributed by atoms with Gasteiger partial charge in [-0.3, -0.25) is 9.59 Å². The third-order valence-corrected chi connectivity index (χ3v) is 5.21. The highest BCUT2D eigenvalue weighted by Gasteiger charge is 2.45. The van der Waals surface area contributed by atoms with E-state index in [4.69, 9.17) is 18.6 Å². The van der Waals surface area contributed by atoms with Crippen LogP contribution in [0.2, 0.25) is 0 Å². The van der Waals surface area contributed by atoms with Crippen LogP contribution < -0.4 is 10.2 Å². The minimum Gasteiger partial charge on any atom is -0.507 e. The van der Waals surface area contributed by atoms with Crippen molar-refractivity contribution in [2.75, 3.05) is 6.61 Å². The first kappa shape index (κ1) is 22.7. The maximum absolute atomic E-state index is 12.6. The standard InChI is InChI=1S/C23H22O10/c1-11(24)30-10-18-20(27)21(28)22(29)23(33-18)31-13-7-14(25)19-15(26)9-16(32-17(19)8-13)12-5-3-2-4-6-12/h2-9,18,20-23,25,27-29H,10H2,1H3/t18-,20-,21+,22-,23-/m1/s1. The number of aliphatic hydroxyl groups excluding tert-OH is 3. The predicted octanol–water partition coefficient (Wildman–Crippen LogP) is 0.915. The van der Waals surface area contributed by atoms with Crippen molar-refractivity contribution in [2.24, 2.45) is 0 Å². The van der Waals surface area contributed by atoms with E-state index in [0.29, 0.717) is 5.56 Å². The van der Waals surface area contributed by atoms with Crippen LogP contribution in [0.15, 0.2) is 57.7 Å². The summed E-state index contributed by atoms with van der Waals surface area (Å²) in [5.41, 5.74) is 0.213. The molecule has 174 valence electrons. The van der Waals surface area contributed by atoms with Gasteiger partial charge in [0.1, 0.15) is 59.3 Å². The topological polar surface area (TPSA) is 156 Å². The van der Waals surface area contributed by atoms with Crippen LogP contribution in [-0.2, 0) is 14.3 Å². The van der Waals surface area contributed by atoms with Gasteiger partial charge in [0.15, 0.2) is 5.43 Å². The number of phenolic OH excluding ortho intramolecular Hbond substituents is 1. The molecule has 3 aromatic rings. The number of fused-ring (bicyclic) bond motifs is 1. The zero-order valence-electron chi connectivity index (χ0n) is 17.5. The summed E-state index contributed by atoms with van der Waals surface area (Å²) in [7, 11) is 0. The molecule has 0 radical (unpaired) electrons. The SMILES string of the molecule is CC(=O)OC[C@H]1O[C@@H](Oc2cc(O)c3c(=O)cc(-c4ccccc4)oc3c2)[C@H](O)[C@@H](O)[C@@H]1O. The Morgan fingerprint density at radius 2 is 1.76 bits per heavy atom. The minimum absolute atomic E-state index is 0.0266. The van der Waals surface area contributed by atoms with Gasteiger partial charge < -0.3 is 39.1 Å². The van der Waals surface area contributed by atoms with Crippen LogP contribution in [0.4, 0.5) is 0 Å². The van der Waals surface area contributed by atoms with Crippen molar-refractivity contribution in [3.8, 4) is 22.8 Å². The Morgan fingerprint density at radius 3 is 2.45 bits per heavy atom. The highest BCUT2D eigenvalue weighted by atomic mass is 16.7. The van der Waals surface area contributed by atoms with Crippen LogP contribution >= 0.6 is 0 Å². The summed E-state index contributed by atoms with van der Waals surface area (Å²) >= 11 is 0. The monoisotopic (exact) mass is 458 g/mol. The Morgan fingerprint density at radius 1 is 1.03 bits per heavy atom. The van der Waals surface area contributed by atoms with Crippen LogP contribution in [0, 0.1) is 0 Å². The molecule has 10 heteroatoms. The van der Waals surface area contributed by atoms with Crippen LogP contribution in [0.1, 0.15) is 6.92 Å². The van der Waals surface area contributed by atoms with Crippen molar-refractivity contribution in [3.05, 3.63) is 58.8 Å². The lowest BCUT2D eigenvalue weighted by Crippen LogP contribution is -2.60. The second-order valence-electron chi connectivity index (χ2n) is 7.59. The summed E-state index contributed by atoms with van der Waals surface area (Å²) in [5.74, 6) is -0.795. The van der Waals surface area contributed by atoms with Gasteiger partial charge in [0.2, 0.25) is 6.29 Å². The largest absolute Gasteiger partial charge is 0.507 e. The number of aliphatic hydroxyl groups is 3. The molecule has 5 atom stereocenters. The third-order valence-electron chi connectivity index (χ3n) is 5.21. The van der Waals surface area contributed by atoms with Gasteiger partial charge in [-0.1, -0.05) is 30.3 Å². The Bertz CT molecular complexity index is 1210. The Balaban J connectivity index is 1.65. The van der Waals surface area contributed by atoms with E-state index in [1.54, 1.807) is 24.3 Å². The van der Waals surface area contributed by atoms with Crippen molar-refractivity contribution in [2.45, 2.75) is 37.6 Å². The molecule has 2 aromatic carbocycles. The molecular formula is C23H22O10. The molecule has 1 aromatic heterocycles. The quantitative estimate of drug-likeness (QED) is 0.405. The van der Waals surface area contributed by atoms with Gasteiger partial charge in [-0.25, -0.2) is 0 Å². The number of carbonyl (C=O) groups excluding carboxylic acids is 1. The number of hydrogen-bond acceptors (Lipinski definition) is 10. The number of phenols is 1. The van der Waals surface area contributed by atoms with E-state index in [0.717, 1.165) is 6.07 Å². The van der Waals surface area contributed by atoms with Crippen molar-refractivity contribution in [1.29, 1.82) is 0 Å². The van der Waals surface area contributed by atoms with Gasteiger partial charge in [-0.15, -0.1) is 0 Å². The summed E-state index contributed by atoms with van der Waals surface area (Å²) < 4.78 is 21.7. The number of carbonyl (C=O) groups is 1. The normalized spacial score (nSPS) is 25.0. The van der Waals surface area contributed by atoms with Gasteiger partial charge in [0.05, 0.1) is 0 Å². The third kappa shape index (κ3) is 4.69. The maximum atomic E-state index is 12.6. The molecule has 0 saturated carbocycles. The van der Waals surface area contributed by atoms with Gasteiger partial charge >= 0.3 is 5.97 Å². The van der Waals surface area contributed by atoms with E-state index < -0.39 is 47.9 Å². The van der Waals surface area contributed by atoms with E-state index in [-0.39, 0.29) is 29.1 Å². The first-order valence-corrected chi connectivity index (χ1v) is 10.1. The van der Waals surface area contributed by atoms with Crippen molar-refractivity contribution in [3.63, 3.8) is 0 Å². The van der Waals surface area contributed by atoms with E-state index in [9.17, 15) is 30.0 Å². The van der Waals surface area contributed by atoms with Crippen LogP contribution in [-0.4, -0.2) is 63.7 Å². The highest BCUT2D eigenvalue weighted by Crippen LogP contribution is 2.33. The average molecular weight is 458 g/mol. The molecule has 0 aliphatic carbocycles. The smallest absolute Gasteiger partial charge is 0.302 e. The van der Waals surface area contributed by atoms with Crippen molar-refractivity contribution < 1.29 is 43.8 Å². The zero-order valence-corrected chi connectivity index (χ0v) is 17.5. The number of aromatic hydroxyl groups is 1. The molecule has 10 nitrogen and oxygen atoms in total. The van der Waals surface area contributed by atoms with Crippen LogP contribution in [0.25, 0.3) is 22.3 Å². The molecule has 0 unspecified atom stereocenters. The molecule has 0 spiro atoms. The van der Waals surface area contributed by atoms with Crippen LogP contribution in [0.3, 0.4) is 0 Å². The zero-order chi connectivity index (χ0) is 23.7. The summed E-state index contributed by atoms with van der Waals surface area (Å²) in [6.45, 7) is 0.794. The fourth-order valence-corrected chi connectivity index (χ4v) is 3.54. The van der Waals surface area contributed by atoms with E-state index in [1.165, 1.54) is 19.1 Å². The summed E-state index contributed by atoms with van der Waals surface area (Å²) in [4.78, 5) is 23.6. The highest BCUT2D eigenvalue weighted by molar-refractivity contribution is 5.86. The lowest BCUT2D eigenvalue weighted by atomic mass is 9.99. The Labute approximate surface area is 187 Å². The van der Waals surface area contributed by atoms with Gasteiger partial charge in [-0.2, -0.15) is 0 Å². The van der Waals surface area contributed by atoms with Crippen molar-refractivity contribution >= 4 is 16.9 Å². The summed E-state index contributed by atoms with van der Waals surface area (Å²) in [6.07, 6.45) is -7.50. The number of benzene rings is 2. The maximum Gasteiger partial charge on any atom is 0.302 e. The molecule has 1 aliphatic heterocycles. The number of hydrogen-bond donors (Lipinski definition) is 4. The first-order valence-electron chi connectivity index (χ1n) is 10.1. The van der Waals surface area contributed by atoms with E-state index in [2.05, 4.69) is 0 Å². The predicted molar refractivity (Wildman–Crippen MR) is 114 cm³/mol. The fourth-order valence-electron chi connectivity index (χ4n) is 3.54. The first-order chi connectivity index (χ1) is 15.7. The minimum atomic E-state index is -1.66. The van der Waals surface area contributed by atoms with Crippen molar-refractivity contribution in [1.82, 2.24) is 0 Å². The molecule has 1 aliphatic rings. The van der Waals surface area contributed by atoms with E-state index in [1.807, 2.05) is 6.07 Å². The second-order valence-corrected chi connectivity index (χ2v) is 7.59. The average Bonchev–Trinajstić information content (AvgIpc) is 2.78. The van der Waals surface area contributed by atoms with Gasteiger partial charge in [-0.05, 0) is 0 Å². The molecular weight excluding hydrogens is 436 g/mol. The molecule has 33 heavy (non-hydrogen) atoms. The number of ether oxygens (including phenoxy) is 3. The number of rotatable bonds is 5. The lowest BCUT2D eigenvalue weighted by molar-refractivity contribution is -0.278. The molecule has 4 N–H and O–H groups in total.